The molecule has 0 spiro atoms. The van der Waals surface area contributed by atoms with Crippen molar-refractivity contribution < 1.29 is 19.1 Å². The molecule has 148 valence electrons. The first-order valence-corrected chi connectivity index (χ1v) is 10.1. The van der Waals surface area contributed by atoms with Crippen molar-refractivity contribution >= 4 is 23.4 Å². The molecule has 27 heavy (non-hydrogen) atoms. The lowest BCUT2D eigenvalue weighted by atomic mass is 9.95. The molecule has 7 heteroatoms. The normalized spacial score (nSPS) is 17.3. The number of hydrogen-bond donors (Lipinski definition) is 1. The number of likely N-dealkylation sites (tertiary alicyclic amines) is 1. The van der Waals surface area contributed by atoms with Crippen LogP contribution in [0, 0.1) is 5.92 Å². The van der Waals surface area contributed by atoms with Gasteiger partial charge < -0.3 is 19.7 Å². The van der Waals surface area contributed by atoms with Gasteiger partial charge in [-0.25, -0.2) is 0 Å². The van der Waals surface area contributed by atoms with Crippen LogP contribution < -0.4 is 14.8 Å². The number of halogens is 1. The number of rotatable bonds is 5. The van der Waals surface area contributed by atoms with Crippen LogP contribution in [0.1, 0.15) is 38.2 Å². The van der Waals surface area contributed by atoms with E-state index in [2.05, 4.69) is 5.32 Å². The molecule has 3 rings (SSSR count). The molecule has 0 aliphatic carbocycles. The summed E-state index contributed by atoms with van der Waals surface area (Å²) in [6.45, 7) is 5.12. The summed E-state index contributed by atoms with van der Waals surface area (Å²) in [5.74, 6) is 1.33. The van der Waals surface area contributed by atoms with E-state index in [1.165, 1.54) is 0 Å². The molecule has 1 aromatic carbocycles. The molecule has 2 aliphatic rings. The number of ether oxygens (including phenoxy) is 2. The molecule has 0 atom stereocenters. The monoisotopic (exact) mass is 394 g/mol. The Bertz CT molecular complexity index is 687. The molecule has 2 aliphatic heterocycles. The number of nitrogens with zero attached hydrogens (tertiary/aromatic N) is 1. The molecule has 2 amide bonds. The van der Waals surface area contributed by atoms with Crippen molar-refractivity contribution in [2.75, 3.05) is 32.8 Å². The average Bonchev–Trinajstić information content (AvgIpc) is 2.92. The molecule has 6 nitrogen and oxygen atoms in total. The van der Waals surface area contributed by atoms with Crippen molar-refractivity contribution in [2.45, 2.75) is 39.0 Å². The number of hydrogen-bond acceptors (Lipinski definition) is 4. The zero-order valence-electron chi connectivity index (χ0n) is 15.8. The Morgan fingerprint density at radius 3 is 2.70 bits per heavy atom. The Kier molecular flexibility index (Phi) is 6.83. The van der Waals surface area contributed by atoms with Crippen molar-refractivity contribution in [3.05, 3.63) is 22.7 Å². The fourth-order valence-electron chi connectivity index (χ4n) is 3.46. The number of carbonyl (C=O) groups is 2. The molecular weight excluding hydrogens is 368 g/mol. The maximum atomic E-state index is 12.7. The van der Waals surface area contributed by atoms with E-state index in [0.29, 0.717) is 62.2 Å². The number of fused-ring (bicyclic) bond motifs is 1. The van der Waals surface area contributed by atoms with Gasteiger partial charge in [0.2, 0.25) is 11.8 Å². The van der Waals surface area contributed by atoms with Crippen molar-refractivity contribution in [3.63, 3.8) is 0 Å². The molecule has 0 aromatic heterocycles. The Balaban J connectivity index is 1.56. The van der Waals surface area contributed by atoms with E-state index in [-0.39, 0.29) is 24.2 Å². The minimum Gasteiger partial charge on any atom is -0.489 e. The highest BCUT2D eigenvalue weighted by atomic mass is 35.5. The van der Waals surface area contributed by atoms with Crippen LogP contribution in [-0.4, -0.2) is 49.6 Å². The lowest BCUT2D eigenvalue weighted by molar-refractivity contribution is -0.135. The van der Waals surface area contributed by atoms with Gasteiger partial charge >= 0.3 is 0 Å². The van der Waals surface area contributed by atoms with E-state index in [4.69, 9.17) is 21.1 Å². The lowest BCUT2D eigenvalue weighted by Crippen LogP contribution is -2.43. The minimum atomic E-state index is 0.00749. The predicted octanol–water partition coefficient (Wildman–Crippen LogP) is 2.81. The van der Waals surface area contributed by atoms with Crippen LogP contribution in [0.4, 0.5) is 0 Å². The average molecular weight is 395 g/mol. The summed E-state index contributed by atoms with van der Waals surface area (Å²) in [7, 11) is 0. The van der Waals surface area contributed by atoms with Crippen LogP contribution in [0.2, 0.25) is 5.02 Å². The first-order chi connectivity index (χ1) is 13.1. The molecule has 0 saturated carbocycles. The third-order valence-corrected chi connectivity index (χ3v) is 5.27. The van der Waals surface area contributed by atoms with E-state index in [9.17, 15) is 9.59 Å². The lowest BCUT2D eigenvalue weighted by Gasteiger charge is -2.31. The molecule has 2 heterocycles. The van der Waals surface area contributed by atoms with Gasteiger partial charge in [-0.2, -0.15) is 0 Å². The van der Waals surface area contributed by atoms with Crippen molar-refractivity contribution in [3.8, 4) is 11.5 Å². The third-order valence-electron chi connectivity index (χ3n) is 4.98. The Morgan fingerprint density at radius 1 is 1.22 bits per heavy atom. The first-order valence-electron chi connectivity index (χ1n) is 9.72. The van der Waals surface area contributed by atoms with Crippen LogP contribution in [0.15, 0.2) is 12.1 Å². The van der Waals surface area contributed by atoms with Crippen molar-refractivity contribution in [1.29, 1.82) is 0 Å². The second-order valence-corrected chi connectivity index (χ2v) is 7.49. The number of amides is 2. The maximum absolute atomic E-state index is 12.7. The summed E-state index contributed by atoms with van der Waals surface area (Å²) < 4.78 is 11.3. The first kappa shape index (κ1) is 19.8. The smallest absolute Gasteiger partial charge is 0.226 e. The fourth-order valence-corrected chi connectivity index (χ4v) is 3.74. The summed E-state index contributed by atoms with van der Waals surface area (Å²) in [6, 6.07) is 3.62. The number of carbonyl (C=O) groups excluding carboxylic acids is 2. The highest BCUT2D eigenvalue weighted by molar-refractivity contribution is 6.32. The van der Waals surface area contributed by atoms with Gasteiger partial charge in [0.1, 0.15) is 0 Å². The second-order valence-electron chi connectivity index (χ2n) is 7.08. The number of benzene rings is 1. The van der Waals surface area contributed by atoms with Gasteiger partial charge in [-0.1, -0.05) is 18.5 Å². The Morgan fingerprint density at radius 2 is 1.96 bits per heavy atom. The van der Waals surface area contributed by atoms with E-state index < -0.39 is 0 Å². The fraction of sp³-hybridized carbons (Fsp3) is 0.600. The zero-order chi connectivity index (χ0) is 19.2. The molecule has 0 bridgehead atoms. The summed E-state index contributed by atoms with van der Waals surface area (Å²) >= 11 is 6.31. The van der Waals surface area contributed by atoms with Crippen LogP contribution in [0.25, 0.3) is 0 Å². The van der Waals surface area contributed by atoms with Crippen molar-refractivity contribution in [2.24, 2.45) is 5.92 Å². The summed E-state index contributed by atoms with van der Waals surface area (Å²) in [5.41, 5.74) is 0.817. The topological polar surface area (TPSA) is 67.9 Å². The van der Waals surface area contributed by atoms with Crippen LogP contribution >= 0.6 is 11.6 Å². The van der Waals surface area contributed by atoms with Gasteiger partial charge in [0, 0.05) is 32.0 Å². The van der Waals surface area contributed by atoms with E-state index >= 15 is 0 Å². The molecule has 1 aromatic rings. The minimum absolute atomic E-state index is 0.00749. The van der Waals surface area contributed by atoms with E-state index in [1.54, 1.807) is 6.07 Å². The summed E-state index contributed by atoms with van der Waals surface area (Å²) in [6.07, 6.45) is 3.43. The largest absolute Gasteiger partial charge is 0.489 e. The summed E-state index contributed by atoms with van der Waals surface area (Å²) in [4.78, 5) is 26.6. The number of piperidine rings is 1. The SMILES string of the molecule is CCCNC(=O)C1CCN(C(=O)Cc2cc(Cl)c3c(c2)OCCCO3)CC1. The highest BCUT2D eigenvalue weighted by Crippen LogP contribution is 2.38. The molecule has 0 unspecified atom stereocenters. The van der Waals surface area contributed by atoms with Crippen LogP contribution in [0.3, 0.4) is 0 Å². The van der Waals surface area contributed by atoms with Crippen molar-refractivity contribution in [1.82, 2.24) is 10.2 Å². The molecule has 1 N–H and O–H groups in total. The molecule has 0 radical (unpaired) electrons. The van der Waals surface area contributed by atoms with Crippen LogP contribution in [-0.2, 0) is 16.0 Å². The summed E-state index contributed by atoms with van der Waals surface area (Å²) in [5, 5.41) is 3.42. The maximum Gasteiger partial charge on any atom is 0.226 e. The Hall–Kier alpha value is -1.95. The molecule has 1 fully saturated rings. The Labute approximate surface area is 165 Å². The van der Waals surface area contributed by atoms with Gasteiger partial charge in [-0.15, -0.1) is 0 Å². The highest BCUT2D eigenvalue weighted by Gasteiger charge is 2.27. The van der Waals surface area contributed by atoms with Gasteiger partial charge in [0.15, 0.2) is 11.5 Å². The van der Waals surface area contributed by atoms with Gasteiger partial charge in [-0.05, 0) is 37.0 Å². The standard InChI is InChI=1S/C20H27ClN2O4/c1-2-6-22-20(25)15-4-7-23(8-5-15)18(24)13-14-11-16(21)19-17(12-14)26-9-3-10-27-19/h11-12,15H,2-10,13H2,1H3,(H,22,25). The molecular formula is C20H27ClN2O4. The third kappa shape index (κ3) is 5.06. The van der Waals surface area contributed by atoms with E-state index in [1.807, 2.05) is 17.9 Å². The quantitative estimate of drug-likeness (QED) is 0.833. The van der Waals surface area contributed by atoms with Crippen LogP contribution in [0.5, 0.6) is 11.5 Å². The number of nitrogens with one attached hydrogen (secondary N) is 1. The van der Waals surface area contributed by atoms with Gasteiger partial charge in [-0.3, -0.25) is 9.59 Å². The van der Waals surface area contributed by atoms with Gasteiger partial charge in [0.05, 0.1) is 24.7 Å². The molecule has 1 saturated heterocycles. The predicted molar refractivity (Wildman–Crippen MR) is 103 cm³/mol. The van der Waals surface area contributed by atoms with E-state index in [0.717, 1.165) is 18.4 Å². The van der Waals surface area contributed by atoms with Gasteiger partial charge in [0.25, 0.3) is 0 Å². The second kappa shape index (κ2) is 9.31. The zero-order valence-corrected chi connectivity index (χ0v) is 16.5.